The van der Waals surface area contributed by atoms with Crippen LogP contribution in [0.25, 0.3) is 0 Å². The van der Waals surface area contributed by atoms with Gasteiger partial charge < -0.3 is 15.3 Å². The van der Waals surface area contributed by atoms with Crippen LogP contribution < -0.4 is 5.32 Å². The normalized spacial score (nSPS) is 17.6. The smallest absolute Gasteiger partial charge is 0.335 e. The number of likely N-dealkylation sites (tertiary alicyclic amines) is 1. The van der Waals surface area contributed by atoms with Crippen LogP contribution in [0.15, 0.2) is 24.3 Å². The molecule has 2 amide bonds. The van der Waals surface area contributed by atoms with Gasteiger partial charge in [-0.25, -0.2) is 4.79 Å². The van der Waals surface area contributed by atoms with Gasteiger partial charge in [0.25, 0.3) is 0 Å². The highest BCUT2D eigenvalue weighted by atomic mass is 16.4. The van der Waals surface area contributed by atoms with Crippen LogP contribution in [0.3, 0.4) is 0 Å². The number of nitrogens with zero attached hydrogens (tertiary/aromatic N) is 1. The molecule has 0 radical (unpaired) electrons. The molecule has 1 saturated heterocycles. The summed E-state index contributed by atoms with van der Waals surface area (Å²) < 4.78 is 0. The van der Waals surface area contributed by atoms with Crippen LogP contribution in [0.4, 0.5) is 0 Å². The Morgan fingerprint density at radius 3 is 2.48 bits per heavy atom. The van der Waals surface area contributed by atoms with Crippen LogP contribution in [-0.4, -0.2) is 40.9 Å². The number of carboxylic acids is 1. The molecule has 1 aliphatic heterocycles. The Bertz CT molecular complexity index is 553. The third-order valence-corrected chi connectivity index (χ3v) is 3.67. The summed E-state index contributed by atoms with van der Waals surface area (Å²) in [4.78, 5) is 35.7. The Labute approximate surface area is 122 Å². The van der Waals surface area contributed by atoms with Crippen molar-refractivity contribution in [3.8, 4) is 0 Å². The minimum absolute atomic E-state index is 0.00504. The van der Waals surface area contributed by atoms with Gasteiger partial charge in [0.1, 0.15) is 0 Å². The second kappa shape index (κ2) is 6.39. The van der Waals surface area contributed by atoms with Crippen LogP contribution in [0, 0.1) is 5.92 Å². The van der Waals surface area contributed by atoms with Gasteiger partial charge in [0, 0.05) is 26.6 Å². The number of rotatable bonds is 4. The van der Waals surface area contributed by atoms with Crippen molar-refractivity contribution in [1.82, 2.24) is 10.2 Å². The van der Waals surface area contributed by atoms with Crippen molar-refractivity contribution < 1.29 is 19.5 Å². The van der Waals surface area contributed by atoms with E-state index in [2.05, 4.69) is 5.32 Å². The SMILES string of the molecule is CC(=O)N1CC[C@H](C(=O)NCc2ccc(C(=O)O)cc2)C1. The molecule has 1 fully saturated rings. The fourth-order valence-corrected chi connectivity index (χ4v) is 2.36. The molecule has 2 N–H and O–H groups in total. The van der Waals surface area contributed by atoms with Crippen molar-refractivity contribution in [2.45, 2.75) is 19.9 Å². The average Bonchev–Trinajstić information content (AvgIpc) is 2.95. The van der Waals surface area contributed by atoms with E-state index in [9.17, 15) is 14.4 Å². The predicted molar refractivity (Wildman–Crippen MR) is 75.6 cm³/mol. The number of carbonyl (C=O) groups excluding carboxylic acids is 2. The lowest BCUT2D eigenvalue weighted by Crippen LogP contribution is -2.33. The van der Waals surface area contributed by atoms with Crippen LogP contribution in [0.5, 0.6) is 0 Å². The number of hydrogen-bond donors (Lipinski definition) is 2. The second-order valence-corrected chi connectivity index (χ2v) is 5.17. The number of benzene rings is 1. The van der Waals surface area contributed by atoms with Gasteiger partial charge in [-0.3, -0.25) is 9.59 Å². The highest BCUT2D eigenvalue weighted by molar-refractivity contribution is 5.87. The first-order chi connectivity index (χ1) is 9.97. The van der Waals surface area contributed by atoms with E-state index in [1.807, 2.05) is 0 Å². The van der Waals surface area contributed by atoms with Crippen LogP contribution in [0.1, 0.15) is 29.3 Å². The Morgan fingerprint density at radius 2 is 1.95 bits per heavy atom. The third kappa shape index (κ3) is 3.81. The molecular formula is C15H18N2O4. The molecule has 1 atom stereocenters. The van der Waals surface area contributed by atoms with Gasteiger partial charge >= 0.3 is 5.97 Å². The highest BCUT2D eigenvalue weighted by Crippen LogP contribution is 2.16. The standard InChI is InChI=1S/C15H18N2O4/c1-10(18)17-7-6-13(9-17)14(19)16-8-11-2-4-12(5-3-11)15(20)21/h2-5,13H,6-9H2,1H3,(H,16,19)(H,20,21)/t13-/m0/s1. The number of amides is 2. The quantitative estimate of drug-likeness (QED) is 0.861. The van der Waals surface area contributed by atoms with Crippen molar-refractivity contribution >= 4 is 17.8 Å². The monoisotopic (exact) mass is 290 g/mol. The topological polar surface area (TPSA) is 86.7 Å². The van der Waals surface area contributed by atoms with E-state index in [-0.39, 0.29) is 23.3 Å². The maximum atomic E-state index is 12.0. The molecule has 2 rings (SSSR count). The fourth-order valence-electron chi connectivity index (χ4n) is 2.36. The highest BCUT2D eigenvalue weighted by Gasteiger charge is 2.29. The van der Waals surface area contributed by atoms with Crippen molar-refractivity contribution in [2.24, 2.45) is 5.92 Å². The Morgan fingerprint density at radius 1 is 1.29 bits per heavy atom. The van der Waals surface area contributed by atoms with E-state index in [0.29, 0.717) is 26.1 Å². The summed E-state index contributed by atoms with van der Waals surface area (Å²) in [6, 6.07) is 6.38. The summed E-state index contributed by atoms with van der Waals surface area (Å²) in [6.07, 6.45) is 0.684. The summed E-state index contributed by atoms with van der Waals surface area (Å²) >= 11 is 0. The number of hydrogen-bond acceptors (Lipinski definition) is 3. The lowest BCUT2D eigenvalue weighted by atomic mass is 10.1. The first-order valence-electron chi connectivity index (χ1n) is 6.83. The van der Waals surface area contributed by atoms with Gasteiger partial charge in [0.05, 0.1) is 11.5 Å². The van der Waals surface area contributed by atoms with Crippen LogP contribution >= 0.6 is 0 Å². The largest absolute Gasteiger partial charge is 0.478 e. The van der Waals surface area contributed by atoms with Gasteiger partial charge in [-0.1, -0.05) is 12.1 Å². The summed E-state index contributed by atoms with van der Waals surface area (Å²) in [5, 5.41) is 11.6. The molecule has 21 heavy (non-hydrogen) atoms. The van der Waals surface area contributed by atoms with Gasteiger partial charge in [0.2, 0.25) is 11.8 Å². The minimum Gasteiger partial charge on any atom is -0.478 e. The second-order valence-electron chi connectivity index (χ2n) is 5.17. The van der Waals surface area contributed by atoms with Crippen LogP contribution in [-0.2, 0) is 16.1 Å². The van der Waals surface area contributed by atoms with Crippen molar-refractivity contribution in [3.05, 3.63) is 35.4 Å². The predicted octanol–water partition coefficient (Wildman–Crippen LogP) is 0.869. The van der Waals surface area contributed by atoms with Crippen molar-refractivity contribution in [3.63, 3.8) is 0 Å². The van der Waals surface area contributed by atoms with Gasteiger partial charge in [0.15, 0.2) is 0 Å². The molecule has 0 spiro atoms. The van der Waals surface area contributed by atoms with Crippen molar-refractivity contribution in [1.29, 1.82) is 0 Å². The molecule has 1 aromatic rings. The Balaban J connectivity index is 1.84. The van der Waals surface area contributed by atoms with E-state index >= 15 is 0 Å². The molecule has 0 aliphatic carbocycles. The molecule has 0 aromatic heterocycles. The molecule has 1 aromatic carbocycles. The molecule has 6 heteroatoms. The lowest BCUT2D eigenvalue weighted by molar-refractivity contribution is -0.128. The number of aromatic carboxylic acids is 1. The summed E-state index contributed by atoms with van der Waals surface area (Å²) in [5.74, 6) is -1.20. The fraction of sp³-hybridized carbons (Fsp3) is 0.400. The first kappa shape index (κ1) is 15.0. The number of carboxylic acid groups (broad SMARTS) is 1. The molecule has 112 valence electrons. The molecule has 0 bridgehead atoms. The number of carbonyl (C=O) groups is 3. The zero-order valence-electron chi connectivity index (χ0n) is 11.8. The maximum absolute atomic E-state index is 12.0. The van der Waals surface area contributed by atoms with E-state index in [1.54, 1.807) is 17.0 Å². The van der Waals surface area contributed by atoms with Gasteiger partial charge in [-0.2, -0.15) is 0 Å². The summed E-state index contributed by atoms with van der Waals surface area (Å²) in [6.45, 7) is 2.96. The summed E-state index contributed by atoms with van der Waals surface area (Å²) in [7, 11) is 0. The van der Waals surface area contributed by atoms with Gasteiger partial charge in [-0.15, -0.1) is 0 Å². The first-order valence-corrected chi connectivity index (χ1v) is 6.83. The molecule has 1 heterocycles. The van der Waals surface area contributed by atoms with E-state index in [0.717, 1.165) is 5.56 Å². The van der Waals surface area contributed by atoms with E-state index in [4.69, 9.17) is 5.11 Å². The van der Waals surface area contributed by atoms with E-state index < -0.39 is 5.97 Å². The van der Waals surface area contributed by atoms with E-state index in [1.165, 1.54) is 19.1 Å². The lowest BCUT2D eigenvalue weighted by Gasteiger charge is -2.14. The maximum Gasteiger partial charge on any atom is 0.335 e. The Hall–Kier alpha value is -2.37. The molecule has 0 unspecified atom stereocenters. The average molecular weight is 290 g/mol. The third-order valence-electron chi connectivity index (χ3n) is 3.67. The van der Waals surface area contributed by atoms with Crippen LogP contribution in [0.2, 0.25) is 0 Å². The van der Waals surface area contributed by atoms with Gasteiger partial charge in [-0.05, 0) is 24.1 Å². The molecule has 6 nitrogen and oxygen atoms in total. The zero-order valence-corrected chi connectivity index (χ0v) is 11.8. The molecule has 0 saturated carbocycles. The molecule has 1 aliphatic rings. The number of nitrogens with one attached hydrogen (secondary N) is 1. The van der Waals surface area contributed by atoms with Crippen molar-refractivity contribution in [2.75, 3.05) is 13.1 Å². The Kier molecular flexibility index (Phi) is 4.57. The zero-order chi connectivity index (χ0) is 15.4. The minimum atomic E-state index is -0.971. The molecular weight excluding hydrogens is 272 g/mol. The summed E-state index contributed by atoms with van der Waals surface area (Å²) in [5.41, 5.74) is 1.06.